The third-order valence-electron chi connectivity index (χ3n) is 4.21. The van der Waals surface area contributed by atoms with E-state index in [0.29, 0.717) is 16.7 Å². The second-order valence-electron chi connectivity index (χ2n) is 6.33. The molecule has 1 aromatic heterocycles. The lowest BCUT2D eigenvalue weighted by Gasteiger charge is -2.16. The molecule has 28 heavy (non-hydrogen) atoms. The van der Waals surface area contributed by atoms with Crippen LogP contribution in [0.25, 0.3) is 10.9 Å². The van der Waals surface area contributed by atoms with Crippen molar-refractivity contribution in [1.29, 1.82) is 0 Å². The van der Waals surface area contributed by atoms with Crippen LogP contribution < -0.4 is 10.3 Å². The Morgan fingerprint density at radius 3 is 2.54 bits per heavy atom. The Balaban J connectivity index is 1.99. The summed E-state index contributed by atoms with van der Waals surface area (Å²) in [4.78, 5) is 17.3. The Hall–Kier alpha value is -1.51. The molecule has 0 amide bonds. The van der Waals surface area contributed by atoms with Crippen molar-refractivity contribution >= 4 is 64.9 Å². The topological polar surface area (TPSA) is 56.5 Å². The molecule has 2 aromatic carbocycles. The molecule has 146 valence electrons. The number of aromatic nitrogens is 2. The number of rotatable bonds is 5. The minimum absolute atomic E-state index is 0.108. The summed E-state index contributed by atoms with van der Waals surface area (Å²) in [6, 6.07) is 9.23. The minimum Gasteiger partial charge on any atom is -0.488 e. The van der Waals surface area contributed by atoms with Gasteiger partial charge in [-0.25, -0.2) is 4.98 Å². The van der Waals surface area contributed by atoms with E-state index < -0.39 is 0 Å². The van der Waals surface area contributed by atoms with Gasteiger partial charge in [0.1, 0.15) is 11.6 Å². The largest absolute Gasteiger partial charge is 0.488 e. The summed E-state index contributed by atoms with van der Waals surface area (Å²) in [5, 5.41) is 4.87. The van der Waals surface area contributed by atoms with Crippen molar-refractivity contribution in [2.24, 2.45) is 5.10 Å². The van der Waals surface area contributed by atoms with E-state index in [2.05, 4.69) is 64.8 Å². The van der Waals surface area contributed by atoms with Gasteiger partial charge < -0.3 is 4.74 Å². The van der Waals surface area contributed by atoms with Crippen molar-refractivity contribution in [3.63, 3.8) is 0 Å². The number of nitrogens with zero attached hydrogens (tertiary/aromatic N) is 3. The van der Waals surface area contributed by atoms with E-state index >= 15 is 0 Å². The van der Waals surface area contributed by atoms with Gasteiger partial charge in [-0.05, 0) is 88.0 Å². The number of ether oxygens (including phenoxy) is 1. The first-order valence-electron chi connectivity index (χ1n) is 8.69. The lowest BCUT2D eigenvalue weighted by atomic mass is 10.2. The van der Waals surface area contributed by atoms with Crippen LogP contribution in [0.4, 0.5) is 0 Å². The van der Waals surface area contributed by atoms with Crippen LogP contribution in [-0.2, 0) is 0 Å². The first-order chi connectivity index (χ1) is 13.3. The number of aryl methyl sites for hydroxylation is 1. The van der Waals surface area contributed by atoms with Gasteiger partial charge in [0.2, 0.25) is 0 Å². The number of hydrogen-bond acceptors (Lipinski definition) is 4. The molecule has 0 saturated heterocycles. The first kappa shape index (κ1) is 21.2. The number of halogens is 3. The molecule has 0 N–H and O–H groups in total. The lowest BCUT2D eigenvalue weighted by molar-refractivity contribution is 0.214. The molecule has 1 heterocycles. The predicted molar refractivity (Wildman–Crippen MR) is 124 cm³/mol. The number of benzene rings is 2. The van der Waals surface area contributed by atoms with Crippen LogP contribution in [0.2, 0.25) is 0 Å². The van der Waals surface area contributed by atoms with Gasteiger partial charge in [0.25, 0.3) is 5.56 Å². The Morgan fingerprint density at radius 1 is 1.21 bits per heavy atom. The summed E-state index contributed by atoms with van der Waals surface area (Å²) in [5.41, 5.74) is 1.25. The SMILES string of the molecule is CC[C@H](C)Oc1c(Br)cc(C=Nn2c(C)nc3ccc(Br)cc3c2=O)cc1Br. The average molecular weight is 572 g/mol. The average Bonchev–Trinajstić information content (AvgIpc) is 2.65. The van der Waals surface area contributed by atoms with E-state index in [1.165, 1.54) is 4.68 Å². The highest BCUT2D eigenvalue weighted by Crippen LogP contribution is 2.35. The molecule has 1 atom stereocenters. The summed E-state index contributed by atoms with van der Waals surface area (Å²) >= 11 is 10.5. The van der Waals surface area contributed by atoms with Gasteiger partial charge in [0.15, 0.2) is 0 Å². The van der Waals surface area contributed by atoms with Crippen molar-refractivity contribution in [2.75, 3.05) is 0 Å². The zero-order valence-electron chi connectivity index (χ0n) is 15.5. The van der Waals surface area contributed by atoms with Gasteiger partial charge >= 0.3 is 0 Å². The highest BCUT2D eigenvalue weighted by molar-refractivity contribution is 9.11. The van der Waals surface area contributed by atoms with Gasteiger partial charge in [-0.2, -0.15) is 9.78 Å². The summed E-state index contributed by atoms with van der Waals surface area (Å²) in [7, 11) is 0. The molecule has 3 aromatic rings. The quantitative estimate of drug-likeness (QED) is 0.350. The maximum Gasteiger partial charge on any atom is 0.282 e. The molecule has 0 aliphatic carbocycles. The fraction of sp³-hybridized carbons (Fsp3) is 0.250. The normalized spacial score (nSPS) is 12.6. The Morgan fingerprint density at radius 2 is 1.89 bits per heavy atom. The second-order valence-corrected chi connectivity index (χ2v) is 8.96. The van der Waals surface area contributed by atoms with Crippen LogP contribution in [0.3, 0.4) is 0 Å². The Kier molecular flexibility index (Phi) is 6.73. The molecule has 3 rings (SSSR count). The third-order valence-corrected chi connectivity index (χ3v) is 5.88. The smallest absolute Gasteiger partial charge is 0.282 e. The van der Waals surface area contributed by atoms with E-state index in [1.807, 2.05) is 31.2 Å². The fourth-order valence-electron chi connectivity index (χ4n) is 2.57. The summed E-state index contributed by atoms with van der Waals surface area (Å²) in [6.07, 6.45) is 2.65. The second kappa shape index (κ2) is 8.88. The molecule has 0 radical (unpaired) electrons. The first-order valence-corrected chi connectivity index (χ1v) is 11.1. The van der Waals surface area contributed by atoms with Crippen molar-refractivity contribution in [2.45, 2.75) is 33.3 Å². The van der Waals surface area contributed by atoms with Crippen LogP contribution in [0.15, 0.2) is 53.6 Å². The molecule has 0 aliphatic rings. The highest BCUT2D eigenvalue weighted by atomic mass is 79.9. The van der Waals surface area contributed by atoms with Gasteiger partial charge in [0.05, 0.1) is 32.2 Å². The van der Waals surface area contributed by atoms with Crippen LogP contribution in [0.1, 0.15) is 31.7 Å². The molecular formula is C20H18Br3N3O2. The van der Waals surface area contributed by atoms with Gasteiger partial charge in [0, 0.05) is 4.47 Å². The molecule has 0 saturated carbocycles. The molecule has 5 nitrogen and oxygen atoms in total. The summed E-state index contributed by atoms with van der Waals surface area (Å²) in [5.74, 6) is 1.27. The van der Waals surface area contributed by atoms with Crippen molar-refractivity contribution in [1.82, 2.24) is 9.66 Å². The van der Waals surface area contributed by atoms with Crippen LogP contribution in [0, 0.1) is 6.92 Å². The summed E-state index contributed by atoms with van der Waals surface area (Å²) < 4.78 is 9.69. The Labute approximate surface area is 188 Å². The van der Waals surface area contributed by atoms with E-state index in [0.717, 1.165) is 31.2 Å². The lowest BCUT2D eigenvalue weighted by Crippen LogP contribution is -2.20. The molecule has 0 aliphatic heterocycles. The van der Waals surface area contributed by atoms with Crippen LogP contribution >= 0.6 is 47.8 Å². The zero-order chi connectivity index (χ0) is 20.4. The van der Waals surface area contributed by atoms with Crippen LogP contribution in [0.5, 0.6) is 5.75 Å². The van der Waals surface area contributed by atoms with E-state index in [1.54, 1.807) is 19.2 Å². The van der Waals surface area contributed by atoms with Crippen molar-refractivity contribution in [3.05, 3.63) is 65.5 Å². The van der Waals surface area contributed by atoms with Gasteiger partial charge in [-0.15, -0.1) is 0 Å². The minimum atomic E-state index is -0.213. The van der Waals surface area contributed by atoms with E-state index in [4.69, 9.17) is 4.74 Å². The monoisotopic (exact) mass is 569 g/mol. The maximum atomic E-state index is 12.8. The Bertz CT molecular complexity index is 1100. The van der Waals surface area contributed by atoms with Gasteiger partial charge in [-0.3, -0.25) is 4.79 Å². The van der Waals surface area contributed by atoms with Gasteiger partial charge in [-0.1, -0.05) is 22.9 Å². The predicted octanol–water partition coefficient (Wildman–Crippen LogP) is 6.05. The van der Waals surface area contributed by atoms with E-state index in [9.17, 15) is 4.79 Å². The number of fused-ring (bicyclic) bond motifs is 1. The zero-order valence-corrected chi connectivity index (χ0v) is 20.3. The molecule has 8 heteroatoms. The molecular weight excluding hydrogens is 554 g/mol. The standard InChI is InChI=1S/C20H18Br3N3O2/c1-4-11(2)28-19-16(22)7-13(8-17(19)23)10-24-26-12(3)25-18-6-5-14(21)9-15(18)20(26)27/h5-11H,4H2,1-3H3/t11-/m0/s1. The maximum absolute atomic E-state index is 12.8. The van der Waals surface area contributed by atoms with Crippen LogP contribution in [-0.4, -0.2) is 22.0 Å². The summed E-state index contributed by atoms with van der Waals surface area (Å²) in [6.45, 7) is 5.85. The molecule has 0 spiro atoms. The van der Waals surface area contributed by atoms with Crippen molar-refractivity contribution in [3.8, 4) is 5.75 Å². The molecule has 0 unspecified atom stereocenters. The van der Waals surface area contributed by atoms with E-state index in [-0.39, 0.29) is 11.7 Å². The number of hydrogen-bond donors (Lipinski definition) is 0. The molecule has 0 bridgehead atoms. The third kappa shape index (κ3) is 4.55. The highest BCUT2D eigenvalue weighted by Gasteiger charge is 2.12. The molecule has 0 fully saturated rings. The fourth-order valence-corrected chi connectivity index (χ4v) is 4.34. The van der Waals surface area contributed by atoms with Crippen molar-refractivity contribution < 1.29 is 4.74 Å².